The fraction of sp³-hybridized carbons (Fsp3) is 0.400. The zero-order valence-corrected chi connectivity index (χ0v) is 10.5. The highest BCUT2D eigenvalue weighted by atomic mass is 35.5. The normalized spacial score (nSPS) is 9.88. The molecule has 16 heavy (non-hydrogen) atoms. The number of nitrogens with zero attached hydrogens (tertiary/aromatic N) is 1. The Balaban J connectivity index is 2.33. The topological polar surface area (TPSA) is 49.4 Å². The lowest BCUT2D eigenvalue weighted by Crippen LogP contribution is -2.32. The molecular weight excluding hydrogens is 248 g/mol. The summed E-state index contributed by atoms with van der Waals surface area (Å²) in [5.74, 6) is -0.361. The fourth-order valence-electron chi connectivity index (χ4n) is 1.11. The van der Waals surface area contributed by atoms with E-state index in [0.717, 1.165) is 5.00 Å². The molecule has 0 atom stereocenters. The third-order valence-corrected chi connectivity index (χ3v) is 3.18. The Morgan fingerprint density at radius 1 is 1.56 bits per heavy atom. The molecule has 4 nitrogen and oxygen atoms in total. The van der Waals surface area contributed by atoms with E-state index in [0.29, 0.717) is 6.54 Å². The van der Waals surface area contributed by atoms with Crippen LogP contribution in [-0.4, -0.2) is 31.3 Å². The minimum Gasteiger partial charge on any atom is -0.355 e. The number of hydrogen-bond donors (Lipinski definition) is 1. The highest BCUT2D eigenvalue weighted by molar-refractivity contribution is 7.14. The molecule has 0 radical (unpaired) electrons. The predicted molar refractivity (Wildman–Crippen MR) is 66.1 cm³/mol. The van der Waals surface area contributed by atoms with Crippen molar-refractivity contribution in [2.75, 3.05) is 24.4 Å². The number of alkyl halides is 1. The quantitative estimate of drug-likeness (QED) is 0.815. The number of amides is 2. The van der Waals surface area contributed by atoms with E-state index in [1.54, 1.807) is 11.9 Å². The van der Waals surface area contributed by atoms with Gasteiger partial charge in [-0.2, -0.15) is 0 Å². The molecular formula is C10H13ClN2O2S. The highest BCUT2D eigenvalue weighted by Crippen LogP contribution is 2.19. The maximum absolute atomic E-state index is 11.7. The van der Waals surface area contributed by atoms with Crippen LogP contribution in [0.1, 0.15) is 6.42 Å². The van der Waals surface area contributed by atoms with Gasteiger partial charge in [0.2, 0.25) is 11.8 Å². The predicted octanol–water partition coefficient (Wildman–Crippen LogP) is 1.46. The minimum absolute atomic E-state index is 0.0303. The average molecular weight is 261 g/mol. The van der Waals surface area contributed by atoms with Gasteiger partial charge in [0.15, 0.2) is 0 Å². The fourth-order valence-corrected chi connectivity index (χ4v) is 1.92. The number of thiophene rings is 1. The van der Waals surface area contributed by atoms with Crippen molar-refractivity contribution in [1.82, 2.24) is 5.32 Å². The number of halogens is 1. The van der Waals surface area contributed by atoms with Crippen molar-refractivity contribution >= 4 is 39.8 Å². The lowest BCUT2D eigenvalue weighted by Gasteiger charge is -2.14. The van der Waals surface area contributed by atoms with Crippen LogP contribution in [0.2, 0.25) is 0 Å². The lowest BCUT2D eigenvalue weighted by atomic mass is 10.3. The first kappa shape index (κ1) is 13.0. The smallest absolute Gasteiger partial charge is 0.234 e. The SMILES string of the molecule is CN(C(=O)CCNC(=O)CCl)c1cccs1. The van der Waals surface area contributed by atoms with Crippen LogP contribution in [-0.2, 0) is 9.59 Å². The second kappa shape index (κ2) is 6.50. The number of carbonyl (C=O) groups excluding carboxylic acids is 2. The van der Waals surface area contributed by atoms with Gasteiger partial charge in [-0.15, -0.1) is 22.9 Å². The van der Waals surface area contributed by atoms with Gasteiger partial charge < -0.3 is 10.2 Å². The van der Waals surface area contributed by atoms with Crippen LogP contribution in [0.15, 0.2) is 17.5 Å². The van der Waals surface area contributed by atoms with Gasteiger partial charge in [-0.05, 0) is 17.5 Å². The van der Waals surface area contributed by atoms with Crippen LogP contribution in [0.25, 0.3) is 0 Å². The summed E-state index contributed by atoms with van der Waals surface area (Å²) in [5.41, 5.74) is 0. The molecule has 0 aliphatic carbocycles. The largest absolute Gasteiger partial charge is 0.355 e. The Hall–Kier alpha value is -1.07. The van der Waals surface area contributed by atoms with Gasteiger partial charge in [0.05, 0.1) is 5.00 Å². The second-order valence-electron chi connectivity index (χ2n) is 3.14. The van der Waals surface area contributed by atoms with Crippen molar-refractivity contribution < 1.29 is 9.59 Å². The van der Waals surface area contributed by atoms with E-state index in [9.17, 15) is 9.59 Å². The second-order valence-corrected chi connectivity index (χ2v) is 4.33. The van der Waals surface area contributed by atoms with E-state index in [2.05, 4.69) is 5.32 Å². The summed E-state index contributed by atoms with van der Waals surface area (Å²) in [4.78, 5) is 24.1. The van der Waals surface area contributed by atoms with Crippen molar-refractivity contribution in [3.05, 3.63) is 17.5 Å². The molecule has 0 aromatic carbocycles. The summed E-state index contributed by atoms with van der Waals surface area (Å²) in [6.07, 6.45) is 0.275. The molecule has 0 fully saturated rings. The average Bonchev–Trinajstić information content (AvgIpc) is 2.81. The Kier molecular flexibility index (Phi) is 5.28. The van der Waals surface area contributed by atoms with Crippen molar-refractivity contribution in [2.24, 2.45) is 0 Å². The molecule has 6 heteroatoms. The van der Waals surface area contributed by atoms with E-state index in [-0.39, 0.29) is 24.1 Å². The Labute approximate surface area is 103 Å². The first-order chi connectivity index (χ1) is 7.65. The van der Waals surface area contributed by atoms with E-state index >= 15 is 0 Å². The van der Waals surface area contributed by atoms with Crippen molar-refractivity contribution in [3.8, 4) is 0 Å². The molecule has 0 bridgehead atoms. The van der Waals surface area contributed by atoms with E-state index in [1.807, 2.05) is 17.5 Å². The number of rotatable bonds is 5. The molecule has 1 aromatic rings. The highest BCUT2D eigenvalue weighted by Gasteiger charge is 2.11. The molecule has 88 valence electrons. The van der Waals surface area contributed by atoms with E-state index < -0.39 is 0 Å². The number of anilines is 1. The van der Waals surface area contributed by atoms with Gasteiger partial charge >= 0.3 is 0 Å². The zero-order valence-electron chi connectivity index (χ0n) is 8.90. The molecule has 1 aromatic heterocycles. The first-order valence-electron chi connectivity index (χ1n) is 4.78. The van der Waals surface area contributed by atoms with E-state index in [1.165, 1.54) is 11.3 Å². The van der Waals surface area contributed by atoms with Gasteiger partial charge in [0.1, 0.15) is 5.88 Å². The van der Waals surface area contributed by atoms with Gasteiger partial charge in [0.25, 0.3) is 0 Å². The minimum atomic E-state index is -0.256. The molecule has 0 spiro atoms. The third-order valence-electron chi connectivity index (χ3n) is 1.99. The standard InChI is InChI=1S/C10H13ClN2O2S/c1-13(10-3-2-6-16-10)9(15)4-5-12-8(14)7-11/h2-3,6H,4-5,7H2,1H3,(H,12,14). The number of carbonyl (C=O) groups is 2. The van der Waals surface area contributed by atoms with Crippen LogP contribution in [0.3, 0.4) is 0 Å². The molecule has 0 saturated carbocycles. The maximum atomic E-state index is 11.7. The molecule has 1 heterocycles. The van der Waals surface area contributed by atoms with Gasteiger partial charge in [-0.1, -0.05) is 0 Å². The van der Waals surface area contributed by atoms with Crippen LogP contribution in [0, 0.1) is 0 Å². The van der Waals surface area contributed by atoms with Crippen molar-refractivity contribution in [1.29, 1.82) is 0 Å². The van der Waals surface area contributed by atoms with E-state index in [4.69, 9.17) is 11.6 Å². The lowest BCUT2D eigenvalue weighted by molar-refractivity contribution is -0.119. The first-order valence-corrected chi connectivity index (χ1v) is 6.19. The monoisotopic (exact) mass is 260 g/mol. The van der Waals surface area contributed by atoms with Gasteiger partial charge in [-0.3, -0.25) is 9.59 Å². The number of nitrogens with one attached hydrogen (secondary N) is 1. The summed E-state index contributed by atoms with van der Waals surface area (Å²) < 4.78 is 0. The third kappa shape index (κ3) is 3.83. The molecule has 0 aliphatic heterocycles. The van der Waals surface area contributed by atoms with Crippen LogP contribution in [0.5, 0.6) is 0 Å². The summed E-state index contributed by atoms with van der Waals surface area (Å²) in [6, 6.07) is 3.76. The Morgan fingerprint density at radius 2 is 2.31 bits per heavy atom. The summed E-state index contributed by atoms with van der Waals surface area (Å²) in [6.45, 7) is 0.320. The molecule has 1 rings (SSSR count). The Bertz CT molecular complexity index is 354. The van der Waals surface area contributed by atoms with Crippen LogP contribution >= 0.6 is 22.9 Å². The van der Waals surface area contributed by atoms with Gasteiger partial charge in [-0.25, -0.2) is 0 Å². The van der Waals surface area contributed by atoms with Crippen molar-refractivity contribution in [3.63, 3.8) is 0 Å². The van der Waals surface area contributed by atoms with Gasteiger partial charge in [0, 0.05) is 20.0 Å². The molecule has 1 N–H and O–H groups in total. The van der Waals surface area contributed by atoms with Crippen molar-refractivity contribution in [2.45, 2.75) is 6.42 Å². The number of hydrogen-bond acceptors (Lipinski definition) is 3. The van der Waals surface area contributed by atoms with Crippen LogP contribution < -0.4 is 10.2 Å². The molecule has 2 amide bonds. The summed E-state index contributed by atoms with van der Waals surface area (Å²) >= 11 is 6.81. The Morgan fingerprint density at radius 3 is 2.88 bits per heavy atom. The molecule has 0 aliphatic rings. The van der Waals surface area contributed by atoms with Crippen LogP contribution in [0.4, 0.5) is 5.00 Å². The molecule has 0 saturated heterocycles. The summed E-state index contributed by atoms with van der Waals surface area (Å²) in [5, 5.41) is 5.36. The maximum Gasteiger partial charge on any atom is 0.234 e. The molecule has 0 unspecified atom stereocenters. The zero-order chi connectivity index (χ0) is 12.0. The summed E-state index contributed by atoms with van der Waals surface area (Å²) in [7, 11) is 1.72.